The van der Waals surface area contributed by atoms with Crippen molar-refractivity contribution in [1.29, 1.82) is 0 Å². The summed E-state index contributed by atoms with van der Waals surface area (Å²) in [7, 11) is -4.66. The number of halogens is 1. The summed E-state index contributed by atoms with van der Waals surface area (Å²) in [6.07, 6.45) is 0. The van der Waals surface area contributed by atoms with E-state index in [9.17, 15) is 22.9 Å². The molecule has 14 nitrogen and oxygen atoms in total. The van der Waals surface area contributed by atoms with Crippen molar-refractivity contribution in [2.24, 2.45) is 30.7 Å². The third-order valence-electron chi connectivity index (χ3n) is 7.17. The standard InChI is InChI=1S/C33H27ClN8O6S/c1-17-13-26(29(16-25(17)34)49(46,47)48)40-42-32-30(35)18(2)14-27(31(32)36)41-38-22-9-5-20(6-10-22)19-3-7-21(8-4-19)37-39-23-11-12-28(43)24(15-23)33(44)45/h3-16,43H,35-36H2,1-2H3,(H,44,45)(H,46,47,48). The lowest BCUT2D eigenvalue weighted by Gasteiger charge is -2.10. The minimum atomic E-state index is -4.66. The van der Waals surface area contributed by atoms with Gasteiger partial charge in [-0.3, -0.25) is 4.55 Å². The van der Waals surface area contributed by atoms with Crippen LogP contribution in [0, 0.1) is 13.8 Å². The van der Waals surface area contributed by atoms with Gasteiger partial charge in [0, 0.05) is 5.02 Å². The van der Waals surface area contributed by atoms with Crippen LogP contribution in [0.3, 0.4) is 0 Å². The number of carboxylic acids is 1. The van der Waals surface area contributed by atoms with E-state index in [4.69, 9.17) is 28.2 Å². The molecule has 0 aliphatic heterocycles. The Kier molecular flexibility index (Phi) is 9.79. The SMILES string of the molecule is Cc1cc(N=Nc2c(N)c(C)cc(N=Nc3ccc(-c4ccc(N=Nc5ccc(O)c(C(=O)O)c5)cc4)cc3)c2N)c(S(=O)(=O)O)cc1Cl. The molecule has 0 amide bonds. The van der Waals surface area contributed by atoms with Gasteiger partial charge in [-0.2, -0.15) is 23.8 Å². The molecule has 0 spiro atoms. The van der Waals surface area contributed by atoms with Crippen LogP contribution in [0.2, 0.25) is 5.02 Å². The van der Waals surface area contributed by atoms with Crippen LogP contribution in [0.1, 0.15) is 21.5 Å². The van der Waals surface area contributed by atoms with Gasteiger partial charge in [0.15, 0.2) is 0 Å². The number of azo groups is 3. The van der Waals surface area contributed by atoms with Crippen molar-refractivity contribution in [1.82, 2.24) is 0 Å². The molecule has 248 valence electrons. The molecule has 5 aromatic rings. The normalized spacial score (nSPS) is 12.0. The van der Waals surface area contributed by atoms with E-state index in [1.807, 2.05) is 24.3 Å². The smallest absolute Gasteiger partial charge is 0.339 e. The number of aromatic hydroxyl groups is 1. The second-order valence-corrected chi connectivity index (χ2v) is 12.4. The molecule has 0 bridgehead atoms. The molecule has 0 aromatic heterocycles. The second kappa shape index (κ2) is 14.0. The van der Waals surface area contributed by atoms with Crippen LogP contribution in [-0.2, 0) is 10.1 Å². The topological polar surface area (TPSA) is 238 Å². The number of carbonyl (C=O) groups is 1. The first kappa shape index (κ1) is 34.3. The molecule has 0 radical (unpaired) electrons. The number of aromatic carboxylic acids is 1. The molecule has 49 heavy (non-hydrogen) atoms. The van der Waals surface area contributed by atoms with E-state index in [1.165, 1.54) is 24.3 Å². The highest BCUT2D eigenvalue weighted by molar-refractivity contribution is 7.86. The molecular formula is C33H27ClN8O6S. The van der Waals surface area contributed by atoms with Gasteiger partial charge in [-0.05, 0) is 96.8 Å². The lowest BCUT2D eigenvalue weighted by molar-refractivity contribution is 0.0693. The van der Waals surface area contributed by atoms with Gasteiger partial charge in [-0.15, -0.1) is 15.3 Å². The lowest BCUT2D eigenvalue weighted by Crippen LogP contribution is -1.99. The van der Waals surface area contributed by atoms with Crippen LogP contribution < -0.4 is 11.5 Å². The third kappa shape index (κ3) is 7.93. The number of benzene rings is 5. The number of hydrogen-bond acceptors (Lipinski definition) is 12. The largest absolute Gasteiger partial charge is 0.507 e. The van der Waals surface area contributed by atoms with E-state index < -0.39 is 21.0 Å². The summed E-state index contributed by atoms with van der Waals surface area (Å²) in [5.74, 6) is -1.62. The Morgan fingerprint density at radius 3 is 1.76 bits per heavy atom. The molecule has 0 saturated carbocycles. The Bertz CT molecular complexity index is 2290. The highest BCUT2D eigenvalue weighted by Gasteiger charge is 2.19. The minimum absolute atomic E-state index is 0.0502. The maximum Gasteiger partial charge on any atom is 0.339 e. The molecule has 0 atom stereocenters. The van der Waals surface area contributed by atoms with Gasteiger partial charge < -0.3 is 21.7 Å². The number of nitrogens with zero attached hydrogens (tertiary/aromatic N) is 6. The first-order chi connectivity index (χ1) is 23.2. The summed E-state index contributed by atoms with van der Waals surface area (Å²) in [6, 6.07) is 22.4. The fraction of sp³-hybridized carbons (Fsp3) is 0.0606. The zero-order valence-corrected chi connectivity index (χ0v) is 27.3. The van der Waals surface area contributed by atoms with E-state index in [1.54, 1.807) is 44.2 Å². The average Bonchev–Trinajstić information content (AvgIpc) is 3.06. The monoisotopic (exact) mass is 698 g/mol. The number of nitrogen functional groups attached to an aromatic ring is 2. The van der Waals surface area contributed by atoms with Crippen molar-refractivity contribution in [3.8, 4) is 16.9 Å². The molecule has 0 aliphatic rings. The van der Waals surface area contributed by atoms with E-state index in [2.05, 4.69) is 30.7 Å². The number of hydrogen-bond donors (Lipinski definition) is 5. The van der Waals surface area contributed by atoms with E-state index in [-0.39, 0.29) is 50.5 Å². The first-order valence-corrected chi connectivity index (χ1v) is 16.0. The summed E-state index contributed by atoms with van der Waals surface area (Å²) in [5.41, 5.74) is 16.9. The Morgan fingerprint density at radius 2 is 1.18 bits per heavy atom. The Hall–Kier alpha value is -6.03. The van der Waals surface area contributed by atoms with Crippen molar-refractivity contribution in [3.63, 3.8) is 0 Å². The summed E-state index contributed by atoms with van der Waals surface area (Å²) in [6.45, 7) is 3.36. The summed E-state index contributed by atoms with van der Waals surface area (Å²) < 4.78 is 33.4. The molecule has 0 aliphatic carbocycles. The van der Waals surface area contributed by atoms with Gasteiger partial charge in [0.1, 0.15) is 33.3 Å². The van der Waals surface area contributed by atoms with Gasteiger partial charge in [0.05, 0.1) is 28.4 Å². The van der Waals surface area contributed by atoms with Crippen molar-refractivity contribution in [2.45, 2.75) is 18.7 Å². The predicted octanol–water partition coefficient (Wildman–Crippen LogP) is 9.68. The minimum Gasteiger partial charge on any atom is -0.507 e. The summed E-state index contributed by atoms with van der Waals surface area (Å²) >= 11 is 6.04. The van der Waals surface area contributed by atoms with Crippen LogP contribution in [0.15, 0.2) is 121 Å². The highest BCUT2D eigenvalue weighted by Crippen LogP contribution is 2.42. The van der Waals surface area contributed by atoms with E-state index in [0.29, 0.717) is 22.5 Å². The van der Waals surface area contributed by atoms with Crippen LogP contribution in [0.4, 0.5) is 45.5 Å². The molecule has 5 aromatic carbocycles. The molecule has 0 unspecified atom stereocenters. The van der Waals surface area contributed by atoms with E-state index in [0.717, 1.165) is 17.2 Å². The highest BCUT2D eigenvalue weighted by atomic mass is 35.5. The molecule has 0 saturated heterocycles. The second-order valence-electron chi connectivity index (χ2n) is 10.6. The van der Waals surface area contributed by atoms with Crippen molar-refractivity contribution in [2.75, 3.05) is 11.5 Å². The van der Waals surface area contributed by atoms with Crippen molar-refractivity contribution in [3.05, 3.63) is 107 Å². The van der Waals surface area contributed by atoms with Gasteiger partial charge in [-0.1, -0.05) is 35.9 Å². The molecule has 0 heterocycles. The molecule has 0 fully saturated rings. The third-order valence-corrected chi connectivity index (χ3v) is 8.46. The van der Waals surface area contributed by atoms with Gasteiger partial charge >= 0.3 is 5.97 Å². The maximum absolute atomic E-state index is 11.9. The predicted molar refractivity (Wildman–Crippen MR) is 185 cm³/mol. The van der Waals surface area contributed by atoms with Crippen LogP contribution in [-0.4, -0.2) is 29.2 Å². The quantitative estimate of drug-likeness (QED) is 0.0562. The fourth-order valence-corrected chi connectivity index (χ4v) is 5.33. The molecule has 16 heteroatoms. The Balaban J connectivity index is 1.33. The average molecular weight is 699 g/mol. The Morgan fingerprint density at radius 1 is 0.673 bits per heavy atom. The number of phenols is 1. The summed E-state index contributed by atoms with van der Waals surface area (Å²) in [5, 5.41) is 43.8. The van der Waals surface area contributed by atoms with Crippen molar-refractivity contribution >= 4 is 73.2 Å². The number of aryl methyl sites for hydroxylation is 2. The number of nitrogens with two attached hydrogens (primary N) is 2. The van der Waals surface area contributed by atoms with Gasteiger partial charge in [-0.25, -0.2) is 4.79 Å². The van der Waals surface area contributed by atoms with Crippen LogP contribution in [0.25, 0.3) is 11.1 Å². The van der Waals surface area contributed by atoms with Gasteiger partial charge in [0.25, 0.3) is 10.1 Å². The van der Waals surface area contributed by atoms with Crippen LogP contribution in [0.5, 0.6) is 5.75 Å². The molecule has 7 N–H and O–H groups in total. The number of rotatable bonds is 9. The van der Waals surface area contributed by atoms with Gasteiger partial charge in [0.2, 0.25) is 0 Å². The fourth-order valence-electron chi connectivity index (χ4n) is 4.47. The Labute approximate surface area is 284 Å². The van der Waals surface area contributed by atoms with Crippen LogP contribution >= 0.6 is 11.6 Å². The zero-order valence-electron chi connectivity index (χ0n) is 25.8. The van der Waals surface area contributed by atoms with E-state index >= 15 is 0 Å². The zero-order chi connectivity index (χ0) is 35.5. The van der Waals surface area contributed by atoms with Crippen molar-refractivity contribution < 1.29 is 28.0 Å². The summed E-state index contributed by atoms with van der Waals surface area (Å²) in [4.78, 5) is 10.7. The number of carboxylic acid groups (broad SMARTS) is 1. The maximum atomic E-state index is 11.9. The lowest BCUT2D eigenvalue weighted by atomic mass is 10.1. The number of anilines is 2. The molecular weight excluding hydrogens is 672 g/mol. The first-order valence-electron chi connectivity index (χ1n) is 14.2. The molecule has 5 rings (SSSR count).